The van der Waals surface area contributed by atoms with Gasteiger partial charge in [0.05, 0.1) is 12.9 Å². The van der Waals surface area contributed by atoms with Crippen molar-refractivity contribution in [1.82, 2.24) is 0 Å². The third kappa shape index (κ3) is 1.78. The van der Waals surface area contributed by atoms with Crippen LogP contribution in [0.1, 0.15) is 23.7 Å². The highest BCUT2D eigenvalue weighted by molar-refractivity contribution is 5.91. The molecule has 65 valence electrons. The van der Waals surface area contributed by atoms with E-state index in [1.807, 2.05) is 6.92 Å². The minimum absolute atomic E-state index is 0.0385. The van der Waals surface area contributed by atoms with Gasteiger partial charge in [-0.05, 0) is 12.5 Å². The molecule has 1 aromatic heterocycles. The van der Waals surface area contributed by atoms with E-state index in [1.165, 1.54) is 12.3 Å². The molecule has 0 aromatic carbocycles. The third-order valence-electron chi connectivity index (χ3n) is 1.29. The lowest BCUT2D eigenvalue weighted by Gasteiger charge is -1.98. The van der Waals surface area contributed by atoms with Crippen LogP contribution >= 0.6 is 0 Å². The van der Waals surface area contributed by atoms with Gasteiger partial charge < -0.3 is 9.15 Å². The van der Waals surface area contributed by atoms with E-state index < -0.39 is 11.9 Å². The Balaban J connectivity index is 2.59. The highest BCUT2D eigenvalue weighted by Gasteiger charge is 2.16. The van der Waals surface area contributed by atoms with E-state index >= 15 is 0 Å². The number of carbonyl (C=O) groups is 1. The van der Waals surface area contributed by atoms with Gasteiger partial charge >= 0.3 is 11.9 Å². The summed E-state index contributed by atoms with van der Waals surface area (Å²) in [6, 6.07) is 1.31. The molecule has 0 saturated heterocycles. The molecule has 0 aliphatic rings. The smallest absolute Gasteiger partial charge is 0.350 e. The lowest BCUT2D eigenvalue weighted by molar-refractivity contribution is 0.0496. The van der Waals surface area contributed by atoms with Gasteiger partial charge in [-0.1, -0.05) is 6.92 Å². The first-order valence-electron chi connectivity index (χ1n) is 3.67. The van der Waals surface area contributed by atoms with Gasteiger partial charge in [0.1, 0.15) is 5.56 Å². The summed E-state index contributed by atoms with van der Waals surface area (Å²) in [5.41, 5.74) is -0.0385. The Morgan fingerprint density at radius 2 is 2.42 bits per heavy atom. The number of hydrogen-bond donors (Lipinski definition) is 0. The maximum atomic E-state index is 11.0. The fourth-order valence-corrected chi connectivity index (χ4v) is 0.719. The summed E-state index contributed by atoms with van der Waals surface area (Å²) in [4.78, 5) is 11.0. The molecule has 1 heterocycles. The molecule has 1 aromatic rings. The lowest BCUT2D eigenvalue weighted by Crippen LogP contribution is -2.04. The van der Waals surface area contributed by atoms with Crippen LogP contribution in [0.3, 0.4) is 0 Å². The largest absolute Gasteiger partial charge is 0.462 e. The minimum Gasteiger partial charge on any atom is -0.462 e. The van der Waals surface area contributed by atoms with Crippen molar-refractivity contribution in [2.45, 2.75) is 13.3 Å². The minimum atomic E-state index is -0.642. The molecular weight excluding hydrogens is 160 g/mol. The zero-order chi connectivity index (χ0) is 8.97. The molecule has 0 N–H and O–H groups in total. The van der Waals surface area contributed by atoms with Crippen molar-refractivity contribution >= 4 is 5.97 Å². The predicted molar refractivity (Wildman–Crippen MR) is 39.4 cm³/mol. The molecule has 0 saturated carbocycles. The standard InChI is InChI=1S/C8H9O4/c1-2-4-11-7(9)6-3-5-12-8(6)10/h3,5H,2,4H2,1H3. The Hall–Kier alpha value is -1.45. The van der Waals surface area contributed by atoms with Gasteiger partial charge in [0.25, 0.3) is 0 Å². The molecule has 1 radical (unpaired) electrons. The summed E-state index contributed by atoms with van der Waals surface area (Å²) in [6.45, 7) is 2.20. The van der Waals surface area contributed by atoms with Gasteiger partial charge in [-0.3, -0.25) is 0 Å². The zero-order valence-electron chi connectivity index (χ0n) is 6.70. The molecule has 0 aliphatic carbocycles. The number of esters is 1. The number of furan rings is 1. The van der Waals surface area contributed by atoms with Gasteiger partial charge in [-0.15, -0.1) is 0 Å². The summed E-state index contributed by atoms with van der Waals surface area (Å²) in [5, 5.41) is 10.8. The van der Waals surface area contributed by atoms with Gasteiger partial charge in [0, 0.05) is 0 Å². The fraction of sp³-hybridized carbons (Fsp3) is 0.375. The highest BCUT2D eigenvalue weighted by atomic mass is 16.5. The van der Waals surface area contributed by atoms with E-state index in [4.69, 9.17) is 4.74 Å². The monoisotopic (exact) mass is 169 g/mol. The Bertz CT molecular complexity index is 264. The van der Waals surface area contributed by atoms with Crippen LogP contribution in [0.5, 0.6) is 5.95 Å². The van der Waals surface area contributed by atoms with Crippen molar-refractivity contribution in [2.75, 3.05) is 6.61 Å². The van der Waals surface area contributed by atoms with Crippen LogP contribution in [0.4, 0.5) is 0 Å². The van der Waals surface area contributed by atoms with E-state index in [0.717, 1.165) is 6.42 Å². The van der Waals surface area contributed by atoms with Gasteiger partial charge in [0.2, 0.25) is 0 Å². The topological polar surface area (TPSA) is 59.3 Å². The number of carbonyl (C=O) groups excluding carboxylic acids is 1. The molecule has 4 heteroatoms. The molecule has 12 heavy (non-hydrogen) atoms. The second-order valence-electron chi connectivity index (χ2n) is 2.26. The van der Waals surface area contributed by atoms with Crippen LogP contribution in [0.25, 0.3) is 0 Å². The van der Waals surface area contributed by atoms with E-state index in [9.17, 15) is 9.90 Å². The molecule has 0 bridgehead atoms. The van der Waals surface area contributed by atoms with Crippen molar-refractivity contribution < 1.29 is 19.1 Å². The highest BCUT2D eigenvalue weighted by Crippen LogP contribution is 2.18. The Kier molecular flexibility index (Phi) is 2.74. The summed E-state index contributed by atoms with van der Waals surface area (Å²) < 4.78 is 9.13. The predicted octanol–water partition coefficient (Wildman–Crippen LogP) is 1.99. The van der Waals surface area contributed by atoms with Gasteiger partial charge in [-0.2, -0.15) is 0 Å². The van der Waals surface area contributed by atoms with Crippen molar-refractivity contribution in [1.29, 1.82) is 0 Å². The Labute approximate surface area is 69.8 Å². The van der Waals surface area contributed by atoms with Crippen molar-refractivity contribution in [2.24, 2.45) is 0 Å². The third-order valence-corrected chi connectivity index (χ3v) is 1.29. The van der Waals surface area contributed by atoms with Crippen LogP contribution in [-0.2, 0) is 9.84 Å². The van der Waals surface area contributed by atoms with Crippen LogP contribution in [0, 0.1) is 0 Å². The van der Waals surface area contributed by atoms with Crippen molar-refractivity contribution in [3.63, 3.8) is 0 Å². The molecule has 4 nitrogen and oxygen atoms in total. The van der Waals surface area contributed by atoms with Crippen LogP contribution < -0.4 is 0 Å². The first-order chi connectivity index (χ1) is 5.75. The summed E-state index contributed by atoms with van der Waals surface area (Å²) in [7, 11) is 0. The van der Waals surface area contributed by atoms with Crippen molar-refractivity contribution in [3.05, 3.63) is 17.9 Å². The lowest BCUT2D eigenvalue weighted by atomic mass is 10.3. The Morgan fingerprint density at radius 3 is 2.92 bits per heavy atom. The molecule has 0 amide bonds. The summed E-state index contributed by atoms with van der Waals surface area (Å²) >= 11 is 0. The van der Waals surface area contributed by atoms with E-state index in [0.29, 0.717) is 6.61 Å². The maximum absolute atomic E-state index is 11.0. The molecule has 0 fully saturated rings. The molecule has 0 spiro atoms. The average Bonchev–Trinajstić information content (AvgIpc) is 2.47. The number of ether oxygens (including phenoxy) is 1. The Morgan fingerprint density at radius 1 is 1.67 bits per heavy atom. The summed E-state index contributed by atoms with van der Waals surface area (Å²) in [6.07, 6.45) is 1.91. The van der Waals surface area contributed by atoms with Crippen LogP contribution in [0.2, 0.25) is 0 Å². The zero-order valence-corrected chi connectivity index (χ0v) is 6.70. The number of hydrogen-bond acceptors (Lipinski definition) is 3. The maximum Gasteiger partial charge on any atom is 0.350 e. The molecule has 0 atom stereocenters. The molecule has 0 aliphatic heterocycles. The molecular formula is C8H9O4. The van der Waals surface area contributed by atoms with E-state index in [1.54, 1.807) is 0 Å². The molecule has 0 unspecified atom stereocenters. The number of rotatable bonds is 3. The van der Waals surface area contributed by atoms with Gasteiger partial charge in [0.15, 0.2) is 0 Å². The van der Waals surface area contributed by atoms with Crippen molar-refractivity contribution in [3.8, 4) is 5.95 Å². The van der Waals surface area contributed by atoms with Crippen LogP contribution in [0.15, 0.2) is 16.7 Å². The first-order valence-corrected chi connectivity index (χ1v) is 3.67. The average molecular weight is 169 g/mol. The summed E-state index contributed by atoms with van der Waals surface area (Å²) in [5.74, 6) is -1.26. The van der Waals surface area contributed by atoms with Crippen LogP contribution in [-0.4, -0.2) is 12.6 Å². The quantitative estimate of drug-likeness (QED) is 0.650. The SMILES string of the molecule is CCCOC(=O)c1ccoc1[O]. The van der Waals surface area contributed by atoms with E-state index in [-0.39, 0.29) is 5.56 Å². The fourth-order valence-electron chi connectivity index (χ4n) is 0.719. The van der Waals surface area contributed by atoms with Gasteiger partial charge in [-0.25, -0.2) is 9.90 Å². The normalized spacial score (nSPS) is 9.75. The molecule has 1 rings (SSSR count). The second kappa shape index (κ2) is 3.80. The first kappa shape index (κ1) is 8.64. The second-order valence-corrected chi connectivity index (χ2v) is 2.26. The van der Waals surface area contributed by atoms with E-state index in [2.05, 4.69) is 4.42 Å².